The zero-order valence-electron chi connectivity index (χ0n) is 10.5. The van der Waals surface area contributed by atoms with Crippen LogP contribution < -0.4 is 10.1 Å². The number of carbonyl (C=O) groups is 1. The molecule has 0 radical (unpaired) electrons. The van der Waals surface area contributed by atoms with Crippen LogP contribution in [0.15, 0.2) is 29.2 Å². The molecule has 0 aliphatic carbocycles. The molecule has 0 saturated carbocycles. The van der Waals surface area contributed by atoms with Gasteiger partial charge in [0.15, 0.2) is 0 Å². The van der Waals surface area contributed by atoms with Crippen molar-refractivity contribution in [2.24, 2.45) is 0 Å². The van der Waals surface area contributed by atoms with Crippen molar-refractivity contribution < 1.29 is 22.1 Å². The molecule has 6 nitrogen and oxygen atoms in total. The fourth-order valence-electron chi connectivity index (χ4n) is 1.84. The van der Waals surface area contributed by atoms with Crippen molar-refractivity contribution >= 4 is 16.1 Å². The summed E-state index contributed by atoms with van der Waals surface area (Å²) in [5, 5.41) is 2.89. The third-order valence-corrected chi connectivity index (χ3v) is 4.12. The second kappa shape index (κ2) is 5.58. The standard InChI is InChI=1S/C12H15NO5S/c1-17-9-4-6-10(7-5-9)19(15,16)18-12(14)11-3-2-8-13-11/h4-7,11,13H,2-3,8H2,1H3/t11-/m1/s1. The van der Waals surface area contributed by atoms with Crippen molar-refractivity contribution in [1.82, 2.24) is 5.32 Å². The van der Waals surface area contributed by atoms with E-state index < -0.39 is 22.1 Å². The molecule has 1 aliphatic heterocycles. The van der Waals surface area contributed by atoms with E-state index in [1.807, 2.05) is 0 Å². The molecule has 1 heterocycles. The Balaban J connectivity index is 2.10. The average molecular weight is 285 g/mol. The quantitative estimate of drug-likeness (QED) is 0.819. The Bertz CT molecular complexity index is 546. The molecule has 1 aliphatic rings. The van der Waals surface area contributed by atoms with Gasteiger partial charge in [-0.2, -0.15) is 8.42 Å². The molecular weight excluding hydrogens is 270 g/mol. The fourth-order valence-corrected chi connectivity index (χ4v) is 2.74. The molecule has 104 valence electrons. The maximum absolute atomic E-state index is 11.9. The predicted molar refractivity (Wildman–Crippen MR) is 67.3 cm³/mol. The molecule has 0 aromatic heterocycles. The first-order valence-electron chi connectivity index (χ1n) is 5.89. The van der Waals surface area contributed by atoms with Crippen LogP contribution in [0.4, 0.5) is 0 Å². The van der Waals surface area contributed by atoms with E-state index in [4.69, 9.17) is 4.74 Å². The van der Waals surface area contributed by atoms with Crippen LogP contribution in [0.25, 0.3) is 0 Å². The Morgan fingerprint density at radius 3 is 2.53 bits per heavy atom. The molecule has 1 saturated heterocycles. The molecule has 0 bridgehead atoms. The van der Waals surface area contributed by atoms with Crippen LogP contribution in [0.1, 0.15) is 12.8 Å². The van der Waals surface area contributed by atoms with Gasteiger partial charge < -0.3 is 14.2 Å². The Hall–Kier alpha value is -1.60. The Morgan fingerprint density at radius 1 is 1.32 bits per heavy atom. The molecule has 0 spiro atoms. The number of benzene rings is 1. The third-order valence-electron chi connectivity index (χ3n) is 2.88. The van der Waals surface area contributed by atoms with E-state index in [1.165, 1.54) is 31.4 Å². The summed E-state index contributed by atoms with van der Waals surface area (Å²) in [6.45, 7) is 0.697. The number of carbonyl (C=O) groups excluding carboxylic acids is 1. The summed E-state index contributed by atoms with van der Waals surface area (Å²) >= 11 is 0. The van der Waals surface area contributed by atoms with E-state index in [0.717, 1.165) is 6.42 Å². The van der Waals surface area contributed by atoms with Gasteiger partial charge in [0.05, 0.1) is 7.11 Å². The van der Waals surface area contributed by atoms with Crippen LogP contribution in [-0.4, -0.2) is 34.1 Å². The molecule has 1 atom stereocenters. The number of hydrogen-bond donors (Lipinski definition) is 1. The first-order valence-corrected chi connectivity index (χ1v) is 7.29. The van der Waals surface area contributed by atoms with Crippen LogP contribution in [0, 0.1) is 0 Å². The maximum atomic E-state index is 11.9. The van der Waals surface area contributed by atoms with Gasteiger partial charge in [-0.3, -0.25) is 0 Å². The average Bonchev–Trinajstić information content (AvgIpc) is 2.92. The SMILES string of the molecule is COc1ccc(S(=O)(=O)OC(=O)[C@H]2CCCN2)cc1. The molecular formula is C12H15NO5S. The van der Waals surface area contributed by atoms with Crippen molar-refractivity contribution in [3.8, 4) is 5.75 Å². The molecule has 0 amide bonds. The van der Waals surface area contributed by atoms with E-state index in [-0.39, 0.29) is 4.90 Å². The highest BCUT2D eigenvalue weighted by atomic mass is 32.2. The smallest absolute Gasteiger partial charge is 0.341 e. The number of methoxy groups -OCH3 is 1. The fraction of sp³-hybridized carbons (Fsp3) is 0.417. The third kappa shape index (κ3) is 3.24. The molecule has 19 heavy (non-hydrogen) atoms. The molecule has 1 fully saturated rings. The summed E-state index contributed by atoms with van der Waals surface area (Å²) in [7, 11) is -2.59. The first-order chi connectivity index (χ1) is 9.03. The van der Waals surface area contributed by atoms with Crippen molar-refractivity contribution in [3.05, 3.63) is 24.3 Å². The molecule has 1 aromatic rings. The topological polar surface area (TPSA) is 81.7 Å². The predicted octanol–water partition coefficient (Wildman–Crippen LogP) is 0.679. The Kier molecular flexibility index (Phi) is 4.06. The van der Waals surface area contributed by atoms with Crippen molar-refractivity contribution in [3.63, 3.8) is 0 Å². The summed E-state index contributed by atoms with van der Waals surface area (Å²) in [6, 6.07) is 5.13. The summed E-state index contributed by atoms with van der Waals surface area (Å²) in [5.41, 5.74) is 0. The summed E-state index contributed by atoms with van der Waals surface area (Å²) in [5.74, 6) is -0.226. The minimum absolute atomic E-state index is 0.0698. The first kappa shape index (κ1) is 13.8. The summed E-state index contributed by atoms with van der Waals surface area (Å²) in [4.78, 5) is 11.6. The Labute approximate surface area is 111 Å². The van der Waals surface area contributed by atoms with E-state index >= 15 is 0 Å². The van der Waals surface area contributed by atoms with Crippen LogP contribution in [0.3, 0.4) is 0 Å². The van der Waals surface area contributed by atoms with Gasteiger partial charge in [0, 0.05) is 0 Å². The molecule has 0 unspecified atom stereocenters. The van der Waals surface area contributed by atoms with Gasteiger partial charge in [-0.15, -0.1) is 0 Å². The van der Waals surface area contributed by atoms with E-state index in [1.54, 1.807) is 0 Å². The second-order valence-electron chi connectivity index (χ2n) is 4.18. The molecule has 7 heteroatoms. The number of nitrogens with one attached hydrogen (secondary N) is 1. The highest BCUT2D eigenvalue weighted by molar-refractivity contribution is 7.87. The van der Waals surface area contributed by atoms with Gasteiger partial charge in [-0.1, -0.05) is 0 Å². The lowest BCUT2D eigenvalue weighted by molar-refractivity contribution is -0.135. The van der Waals surface area contributed by atoms with Crippen molar-refractivity contribution in [1.29, 1.82) is 0 Å². The zero-order chi connectivity index (χ0) is 13.9. The van der Waals surface area contributed by atoms with Crippen LogP contribution >= 0.6 is 0 Å². The normalized spacial score (nSPS) is 19.1. The lowest BCUT2D eigenvalue weighted by Crippen LogP contribution is -2.33. The lowest BCUT2D eigenvalue weighted by atomic mass is 10.2. The largest absolute Gasteiger partial charge is 0.497 e. The maximum Gasteiger partial charge on any atom is 0.341 e. The second-order valence-corrected chi connectivity index (χ2v) is 5.73. The highest BCUT2D eigenvalue weighted by Crippen LogP contribution is 2.18. The molecule has 1 aromatic carbocycles. The number of hydrogen-bond acceptors (Lipinski definition) is 6. The minimum Gasteiger partial charge on any atom is -0.497 e. The van der Waals surface area contributed by atoms with Gasteiger partial charge in [0.25, 0.3) is 0 Å². The van der Waals surface area contributed by atoms with Gasteiger partial charge in [-0.05, 0) is 43.7 Å². The Morgan fingerprint density at radius 2 is 2.00 bits per heavy atom. The number of rotatable bonds is 4. The van der Waals surface area contributed by atoms with Crippen molar-refractivity contribution in [2.75, 3.05) is 13.7 Å². The van der Waals surface area contributed by atoms with Crippen LogP contribution in [-0.2, 0) is 19.1 Å². The van der Waals surface area contributed by atoms with Gasteiger partial charge in [0.1, 0.15) is 16.7 Å². The van der Waals surface area contributed by atoms with Gasteiger partial charge >= 0.3 is 16.1 Å². The summed E-state index contributed by atoms with van der Waals surface area (Å²) in [6.07, 6.45) is 1.43. The van der Waals surface area contributed by atoms with Gasteiger partial charge in [-0.25, -0.2) is 4.79 Å². The molecule has 2 rings (SSSR count). The van der Waals surface area contributed by atoms with E-state index in [2.05, 4.69) is 9.50 Å². The monoisotopic (exact) mass is 285 g/mol. The zero-order valence-corrected chi connectivity index (χ0v) is 11.3. The van der Waals surface area contributed by atoms with E-state index in [0.29, 0.717) is 18.7 Å². The highest BCUT2D eigenvalue weighted by Gasteiger charge is 2.28. The van der Waals surface area contributed by atoms with Crippen LogP contribution in [0.5, 0.6) is 5.75 Å². The summed E-state index contributed by atoms with van der Waals surface area (Å²) < 4.78 is 33.3. The van der Waals surface area contributed by atoms with Crippen LogP contribution in [0.2, 0.25) is 0 Å². The minimum atomic E-state index is -4.07. The molecule has 1 N–H and O–H groups in total. The van der Waals surface area contributed by atoms with Crippen molar-refractivity contribution in [2.45, 2.75) is 23.8 Å². The lowest BCUT2D eigenvalue weighted by Gasteiger charge is -2.10. The van der Waals surface area contributed by atoms with E-state index in [9.17, 15) is 13.2 Å². The number of ether oxygens (including phenoxy) is 1. The van der Waals surface area contributed by atoms with Gasteiger partial charge in [0.2, 0.25) is 0 Å².